The van der Waals surface area contributed by atoms with Crippen molar-refractivity contribution in [1.82, 2.24) is 10.4 Å². The summed E-state index contributed by atoms with van der Waals surface area (Å²) in [5.41, 5.74) is -0.569. The van der Waals surface area contributed by atoms with Crippen LogP contribution in [0.2, 0.25) is 0 Å². The van der Waals surface area contributed by atoms with E-state index in [-0.39, 0.29) is 11.5 Å². The fraction of sp³-hybridized carbons (Fsp3) is 0.909. The van der Waals surface area contributed by atoms with Crippen molar-refractivity contribution in [3.63, 3.8) is 0 Å². The van der Waals surface area contributed by atoms with E-state index in [2.05, 4.69) is 19.2 Å². The molecule has 1 rings (SSSR count). The Hall–Kier alpha value is -0.610. The van der Waals surface area contributed by atoms with Crippen molar-refractivity contribution in [3.05, 3.63) is 0 Å². The van der Waals surface area contributed by atoms with Crippen LogP contribution in [0.15, 0.2) is 0 Å². The second kappa shape index (κ2) is 4.10. The van der Waals surface area contributed by atoms with Crippen LogP contribution >= 0.6 is 0 Å². The topological polar surface area (TPSA) is 41.6 Å². The molecule has 88 valence electrons. The summed E-state index contributed by atoms with van der Waals surface area (Å²) in [7, 11) is 0. The lowest BCUT2D eigenvalue weighted by molar-refractivity contribution is -0.229. The molecule has 0 atom stereocenters. The maximum atomic E-state index is 11.7. The lowest BCUT2D eigenvalue weighted by Crippen LogP contribution is -2.58. The number of rotatable bonds is 1. The summed E-state index contributed by atoms with van der Waals surface area (Å²) in [6.45, 7) is 12.2. The average Bonchev–Trinajstić information content (AvgIpc) is 2.06. The molecule has 0 saturated carbocycles. The monoisotopic (exact) mass is 214 g/mol. The van der Waals surface area contributed by atoms with E-state index in [1.807, 2.05) is 20.8 Å². The van der Waals surface area contributed by atoms with Crippen LogP contribution in [0.25, 0.3) is 0 Å². The highest BCUT2D eigenvalue weighted by Gasteiger charge is 2.35. The lowest BCUT2D eigenvalue weighted by Gasteiger charge is -2.41. The molecule has 0 radical (unpaired) electrons. The summed E-state index contributed by atoms with van der Waals surface area (Å²) in [5.74, 6) is -0.169. The quantitative estimate of drug-likeness (QED) is 0.711. The van der Waals surface area contributed by atoms with E-state index in [1.165, 1.54) is 0 Å². The Bertz CT molecular complexity index is 243. The molecular formula is C11H22N2O2. The maximum Gasteiger partial charge on any atom is 0.330 e. The number of piperazine rings is 1. The van der Waals surface area contributed by atoms with Gasteiger partial charge in [0.2, 0.25) is 0 Å². The predicted molar refractivity (Wildman–Crippen MR) is 59.2 cm³/mol. The molecule has 0 aromatic carbocycles. The maximum absolute atomic E-state index is 11.7. The lowest BCUT2D eigenvalue weighted by atomic mass is 9.97. The zero-order valence-corrected chi connectivity index (χ0v) is 10.4. The predicted octanol–water partition coefficient (Wildman–Crippen LogP) is 1.17. The molecule has 0 aromatic heterocycles. The van der Waals surface area contributed by atoms with Crippen LogP contribution in [0.1, 0.15) is 34.6 Å². The van der Waals surface area contributed by atoms with Crippen LogP contribution in [-0.2, 0) is 9.63 Å². The largest absolute Gasteiger partial charge is 0.367 e. The Morgan fingerprint density at radius 1 is 1.40 bits per heavy atom. The summed E-state index contributed by atoms with van der Waals surface area (Å²) < 4.78 is 0. The SMILES string of the molecule is CC(C)(C)C(=O)ON1CCNCC1(C)C. The highest BCUT2D eigenvalue weighted by molar-refractivity contribution is 5.75. The Balaban J connectivity index is 2.61. The number of carbonyl (C=O) groups excluding carboxylic acids is 1. The molecular weight excluding hydrogens is 192 g/mol. The Morgan fingerprint density at radius 2 is 2.00 bits per heavy atom. The first-order valence-corrected chi connectivity index (χ1v) is 5.44. The van der Waals surface area contributed by atoms with Gasteiger partial charge in [-0.1, -0.05) is 0 Å². The van der Waals surface area contributed by atoms with Gasteiger partial charge >= 0.3 is 5.97 Å². The van der Waals surface area contributed by atoms with Crippen molar-refractivity contribution in [2.75, 3.05) is 19.6 Å². The van der Waals surface area contributed by atoms with Crippen LogP contribution < -0.4 is 5.32 Å². The summed E-state index contributed by atoms with van der Waals surface area (Å²) >= 11 is 0. The Kier molecular flexibility index (Phi) is 3.41. The first-order valence-electron chi connectivity index (χ1n) is 5.44. The van der Waals surface area contributed by atoms with Crippen molar-refractivity contribution in [2.45, 2.75) is 40.2 Å². The molecule has 0 aliphatic carbocycles. The molecule has 0 amide bonds. The molecule has 1 N–H and O–H groups in total. The van der Waals surface area contributed by atoms with E-state index in [4.69, 9.17) is 4.84 Å². The van der Waals surface area contributed by atoms with Crippen molar-refractivity contribution in [1.29, 1.82) is 0 Å². The van der Waals surface area contributed by atoms with Crippen LogP contribution in [0, 0.1) is 5.41 Å². The normalized spacial score (nSPS) is 22.5. The van der Waals surface area contributed by atoms with Gasteiger partial charge in [-0.05, 0) is 34.6 Å². The van der Waals surface area contributed by atoms with E-state index >= 15 is 0 Å². The Labute approximate surface area is 91.9 Å². The highest BCUT2D eigenvalue weighted by Crippen LogP contribution is 2.21. The zero-order chi connectivity index (χ0) is 11.7. The molecule has 1 aliphatic rings. The summed E-state index contributed by atoms with van der Waals surface area (Å²) in [5, 5.41) is 5.07. The number of hydrogen-bond donors (Lipinski definition) is 1. The van der Waals surface area contributed by atoms with E-state index in [0.29, 0.717) is 0 Å². The first kappa shape index (κ1) is 12.5. The first-order chi connectivity index (χ1) is 6.73. The van der Waals surface area contributed by atoms with Crippen molar-refractivity contribution >= 4 is 5.97 Å². The summed E-state index contributed by atoms with van der Waals surface area (Å²) in [6.07, 6.45) is 0. The molecule has 15 heavy (non-hydrogen) atoms. The van der Waals surface area contributed by atoms with E-state index in [1.54, 1.807) is 5.06 Å². The van der Waals surface area contributed by atoms with Crippen LogP contribution in [0.4, 0.5) is 0 Å². The molecule has 0 spiro atoms. The minimum Gasteiger partial charge on any atom is -0.367 e. The van der Waals surface area contributed by atoms with Gasteiger partial charge in [-0.2, -0.15) is 0 Å². The standard InChI is InChI=1S/C11H22N2O2/c1-10(2,3)9(14)15-13-7-6-12-8-11(13,4)5/h12H,6-8H2,1-5H3. The van der Waals surface area contributed by atoms with E-state index in [9.17, 15) is 4.79 Å². The van der Waals surface area contributed by atoms with E-state index in [0.717, 1.165) is 19.6 Å². The van der Waals surface area contributed by atoms with Gasteiger partial charge in [0.05, 0.1) is 11.0 Å². The minimum atomic E-state index is -0.443. The molecule has 1 fully saturated rings. The van der Waals surface area contributed by atoms with Gasteiger partial charge in [-0.25, -0.2) is 4.79 Å². The number of nitrogens with zero attached hydrogens (tertiary/aromatic N) is 1. The van der Waals surface area contributed by atoms with Gasteiger partial charge in [-0.3, -0.25) is 0 Å². The third kappa shape index (κ3) is 3.18. The molecule has 1 aliphatic heterocycles. The number of nitrogens with one attached hydrogen (secondary N) is 1. The van der Waals surface area contributed by atoms with Gasteiger partial charge < -0.3 is 10.2 Å². The number of hydroxylamine groups is 2. The molecule has 0 bridgehead atoms. The molecule has 0 unspecified atom stereocenters. The second-order valence-electron chi connectivity index (χ2n) is 5.72. The third-order valence-electron chi connectivity index (χ3n) is 2.53. The molecule has 1 heterocycles. The second-order valence-corrected chi connectivity index (χ2v) is 5.72. The van der Waals surface area contributed by atoms with Crippen molar-refractivity contribution in [2.24, 2.45) is 5.41 Å². The van der Waals surface area contributed by atoms with Gasteiger partial charge in [0, 0.05) is 19.6 Å². The molecule has 1 saturated heterocycles. The highest BCUT2D eigenvalue weighted by atomic mass is 16.7. The molecule has 4 heteroatoms. The van der Waals surface area contributed by atoms with Gasteiger partial charge in [0.1, 0.15) is 0 Å². The molecule has 0 aromatic rings. The fourth-order valence-electron chi connectivity index (χ4n) is 1.37. The van der Waals surface area contributed by atoms with Crippen molar-refractivity contribution < 1.29 is 9.63 Å². The van der Waals surface area contributed by atoms with Crippen molar-refractivity contribution in [3.8, 4) is 0 Å². The van der Waals surface area contributed by atoms with Gasteiger partial charge in [0.25, 0.3) is 0 Å². The van der Waals surface area contributed by atoms with E-state index < -0.39 is 5.41 Å². The number of hydrogen-bond acceptors (Lipinski definition) is 4. The van der Waals surface area contributed by atoms with Crippen LogP contribution in [0.5, 0.6) is 0 Å². The molecule has 4 nitrogen and oxygen atoms in total. The average molecular weight is 214 g/mol. The summed E-state index contributed by atoms with van der Waals surface area (Å²) in [4.78, 5) is 17.2. The van der Waals surface area contributed by atoms with Crippen LogP contribution in [-0.4, -0.2) is 36.2 Å². The summed E-state index contributed by atoms with van der Waals surface area (Å²) in [6, 6.07) is 0. The smallest absolute Gasteiger partial charge is 0.330 e. The third-order valence-corrected chi connectivity index (χ3v) is 2.53. The van der Waals surface area contributed by atoms with Gasteiger partial charge in [-0.15, -0.1) is 5.06 Å². The minimum absolute atomic E-state index is 0.126. The van der Waals surface area contributed by atoms with Crippen LogP contribution in [0.3, 0.4) is 0 Å². The van der Waals surface area contributed by atoms with Gasteiger partial charge in [0.15, 0.2) is 0 Å². The Morgan fingerprint density at radius 3 is 2.47 bits per heavy atom. The number of carbonyl (C=O) groups is 1. The zero-order valence-electron chi connectivity index (χ0n) is 10.4. The fourth-order valence-corrected chi connectivity index (χ4v) is 1.37.